The van der Waals surface area contributed by atoms with Gasteiger partial charge >= 0.3 is 4.87 Å². The molecule has 0 spiro atoms. The van der Waals surface area contributed by atoms with Crippen molar-refractivity contribution in [1.82, 2.24) is 4.57 Å². The fourth-order valence-corrected chi connectivity index (χ4v) is 3.23. The van der Waals surface area contributed by atoms with Crippen LogP contribution in [0.2, 0.25) is 0 Å². The van der Waals surface area contributed by atoms with Gasteiger partial charge in [0, 0.05) is 11.8 Å². The van der Waals surface area contributed by atoms with E-state index in [4.69, 9.17) is 0 Å². The zero-order chi connectivity index (χ0) is 14.3. The molecule has 20 heavy (non-hydrogen) atoms. The number of rotatable bonds is 3. The van der Waals surface area contributed by atoms with Crippen molar-refractivity contribution in [2.45, 2.75) is 19.9 Å². The number of aromatic hydroxyl groups is 1. The second-order valence-electron chi connectivity index (χ2n) is 4.48. The Bertz CT molecular complexity index is 877. The number of hydrogen-bond acceptors (Lipinski definition) is 4. The number of thiazole rings is 1. The maximum Gasteiger partial charge on any atom is 0.310 e. The Hall–Kier alpha value is -2.21. The van der Waals surface area contributed by atoms with Crippen LogP contribution in [0, 0.1) is 0 Å². The average molecular weight is 288 g/mol. The van der Waals surface area contributed by atoms with E-state index < -0.39 is 5.91 Å². The van der Waals surface area contributed by atoms with Crippen molar-refractivity contribution in [1.29, 1.82) is 0 Å². The average Bonchev–Trinajstić information content (AvgIpc) is 2.89. The monoisotopic (exact) mass is 288 g/mol. The van der Waals surface area contributed by atoms with E-state index in [0.717, 1.165) is 17.8 Å². The minimum absolute atomic E-state index is 0.142. The molecular weight excluding hydrogens is 276 g/mol. The summed E-state index contributed by atoms with van der Waals surface area (Å²) in [5.41, 5.74) is 0.315. The number of amides is 1. The summed E-state index contributed by atoms with van der Waals surface area (Å²) in [5.74, 6) is -0.552. The van der Waals surface area contributed by atoms with Gasteiger partial charge in [0.1, 0.15) is 4.88 Å². The van der Waals surface area contributed by atoms with Gasteiger partial charge in [-0.25, -0.2) is 4.99 Å². The van der Waals surface area contributed by atoms with E-state index >= 15 is 0 Å². The lowest BCUT2D eigenvalue weighted by atomic mass is 10.1. The van der Waals surface area contributed by atoms with Crippen LogP contribution < -0.4 is 15.4 Å². The Morgan fingerprint density at radius 3 is 2.80 bits per heavy atom. The van der Waals surface area contributed by atoms with Gasteiger partial charge < -0.3 is 5.11 Å². The van der Waals surface area contributed by atoms with Gasteiger partial charge in [-0.2, -0.15) is 0 Å². The number of carbonyl (C=O) groups is 1. The van der Waals surface area contributed by atoms with Crippen molar-refractivity contribution >= 4 is 22.8 Å². The van der Waals surface area contributed by atoms with Gasteiger partial charge in [0.2, 0.25) is 5.88 Å². The van der Waals surface area contributed by atoms with Crippen molar-refractivity contribution < 1.29 is 9.90 Å². The summed E-state index contributed by atoms with van der Waals surface area (Å²) in [6.07, 6.45) is 0.730. The van der Waals surface area contributed by atoms with Crippen LogP contribution in [0.5, 0.6) is 5.88 Å². The molecule has 0 fully saturated rings. The number of carbonyl (C=O) groups excluding carboxylic acids is 1. The van der Waals surface area contributed by atoms with E-state index in [9.17, 15) is 14.7 Å². The summed E-state index contributed by atoms with van der Waals surface area (Å²) in [4.78, 5) is 27.9. The molecule has 1 aromatic heterocycles. The van der Waals surface area contributed by atoms with Gasteiger partial charge in [-0.15, -0.1) is 0 Å². The molecule has 102 valence electrons. The molecule has 0 radical (unpaired) electrons. The number of fused-ring (bicyclic) bond motifs is 1. The number of aromatic nitrogens is 1. The van der Waals surface area contributed by atoms with E-state index in [1.807, 2.05) is 6.92 Å². The first-order valence-electron chi connectivity index (χ1n) is 6.29. The van der Waals surface area contributed by atoms with Gasteiger partial charge in [0.25, 0.3) is 5.91 Å². The largest absolute Gasteiger partial charge is 0.493 e. The van der Waals surface area contributed by atoms with Crippen LogP contribution in [0.15, 0.2) is 34.1 Å². The van der Waals surface area contributed by atoms with Crippen LogP contribution in [0.25, 0.3) is 5.57 Å². The van der Waals surface area contributed by atoms with Crippen LogP contribution in [0.4, 0.5) is 0 Å². The Balaban J connectivity index is 2.31. The molecule has 0 saturated carbocycles. The lowest BCUT2D eigenvalue weighted by Gasteiger charge is -2.01. The molecule has 1 N–H and O–H groups in total. The first-order valence-corrected chi connectivity index (χ1v) is 7.10. The summed E-state index contributed by atoms with van der Waals surface area (Å²) in [6.45, 7) is 2.35. The number of nitrogens with zero attached hydrogens (tertiary/aromatic N) is 2. The topological polar surface area (TPSA) is 71.7 Å². The normalized spacial score (nSPS) is 13.4. The van der Waals surface area contributed by atoms with Crippen molar-refractivity contribution in [2.24, 2.45) is 4.99 Å². The minimum Gasteiger partial charge on any atom is -0.493 e. The molecule has 0 saturated heterocycles. The highest BCUT2D eigenvalue weighted by Gasteiger charge is 2.25. The van der Waals surface area contributed by atoms with Crippen molar-refractivity contribution in [3.63, 3.8) is 0 Å². The predicted octanol–water partition coefficient (Wildman–Crippen LogP) is 0.384. The molecule has 0 atom stereocenters. The molecule has 3 rings (SSSR count). The van der Waals surface area contributed by atoms with Gasteiger partial charge in [0.05, 0.1) is 10.9 Å². The molecule has 1 amide bonds. The highest BCUT2D eigenvalue weighted by molar-refractivity contribution is 7.11. The fourth-order valence-electron chi connectivity index (χ4n) is 2.26. The van der Waals surface area contributed by atoms with Crippen LogP contribution >= 0.6 is 11.3 Å². The van der Waals surface area contributed by atoms with Gasteiger partial charge in [0.15, 0.2) is 0 Å². The smallest absolute Gasteiger partial charge is 0.310 e. The lowest BCUT2D eigenvalue weighted by molar-refractivity contribution is -0.112. The molecule has 2 aromatic rings. The van der Waals surface area contributed by atoms with Crippen molar-refractivity contribution in [3.8, 4) is 5.88 Å². The lowest BCUT2D eigenvalue weighted by Crippen LogP contribution is -2.22. The molecule has 6 heteroatoms. The number of benzene rings is 1. The summed E-state index contributed by atoms with van der Waals surface area (Å²) < 4.78 is 1.29. The van der Waals surface area contributed by atoms with E-state index in [2.05, 4.69) is 4.99 Å². The third-order valence-corrected chi connectivity index (χ3v) is 4.14. The highest BCUT2D eigenvalue weighted by Crippen LogP contribution is 2.28. The summed E-state index contributed by atoms with van der Waals surface area (Å²) in [7, 11) is 0. The van der Waals surface area contributed by atoms with Crippen LogP contribution in [0.1, 0.15) is 18.2 Å². The Kier molecular flexibility index (Phi) is 3.02. The zero-order valence-electron chi connectivity index (χ0n) is 10.8. The van der Waals surface area contributed by atoms with Gasteiger partial charge in [-0.1, -0.05) is 36.5 Å². The number of para-hydroxylation sites is 1. The number of hydrogen-bond donors (Lipinski definition) is 1. The maximum atomic E-state index is 12.0. The second kappa shape index (κ2) is 4.72. The SMILES string of the molecule is CCCn1c(O)c(C2=c3ccccc3=NC2=O)sc1=O. The Morgan fingerprint density at radius 1 is 1.30 bits per heavy atom. The van der Waals surface area contributed by atoms with Crippen LogP contribution in [-0.4, -0.2) is 15.6 Å². The Labute approximate surface area is 118 Å². The standard InChI is InChI=1S/C14H12N2O3S/c1-2-7-16-13(18)11(20-14(16)19)10-8-5-3-4-6-9(8)15-12(10)17/h3-6,18H,2,7H2,1H3. The highest BCUT2D eigenvalue weighted by atomic mass is 32.1. The van der Waals surface area contributed by atoms with Crippen LogP contribution in [0.3, 0.4) is 0 Å². The van der Waals surface area contributed by atoms with Gasteiger partial charge in [-0.3, -0.25) is 14.2 Å². The predicted molar refractivity (Wildman–Crippen MR) is 75.3 cm³/mol. The summed E-state index contributed by atoms with van der Waals surface area (Å²) in [6, 6.07) is 7.11. The van der Waals surface area contributed by atoms with E-state index in [-0.39, 0.29) is 10.8 Å². The third kappa shape index (κ3) is 1.80. The molecule has 2 heterocycles. The van der Waals surface area contributed by atoms with E-state index in [0.29, 0.717) is 27.6 Å². The van der Waals surface area contributed by atoms with Crippen LogP contribution in [-0.2, 0) is 11.3 Å². The minimum atomic E-state index is -0.411. The quantitative estimate of drug-likeness (QED) is 0.888. The molecule has 0 unspecified atom stereocenters. The first-order chi connectivity index (χ1) is 9.63. The molecular formula is C14H12N2O3S. The molecule has 0 aliphatic carbocycles. The molecule has 1 aliphatic rings. The van der Waals surface area contributed by atoms with E-state index in [1.165, 1.54) is 4.57 Å². The summed E-state index contributed by atoms with van der Waals surface area (Å²) in [5, 5.41) is 11.4. The van der Waals surface area contributed by atoms with Crippen molar-refractivity contribution in [2.75, 3.05) is 0 Å². The zero-order valence-corrected chi connectivity index (χ0v) is 11.6. The van der Waals surface area contributed by atoms with Gasteiger partial charge in [-0.05, 0) is 12.5 Å². The summed E-state index contributed by atoms with van der Waals surface area (Å²) >= 11 is 0.885. The first kappa shape index (κ1) is 12.8. The molecule has 5 nitrogen and oxygen atoms in total. The second-order valence-corrected chi connectivity index (χ2v) is 5.44. The fraction of sp³-hybridized carbons (Fsp3) is 0.214. The Morgan fingerprint density at radius 2 is 2.05 bits per heavy atom. The molecule has 1 aliphatic heterocycles. The third-order valence-electron chi connectivity index (χ3n) is 3.15. The molecule has 0 bridgehead atoms. The maximum absolute atomic E-state index is 12.0. The van der Waals surface area contributed by atoms with E-state index in [1.54, 1.807) is 24.3 Å². The molecule has 1 aromatic carbocycles. The van der Waals surface area contributed by atoms with Crippen molar-refractivity contribution in [3.05, 3.63) is 49.4 Å².